The summed E-state index contributed by atoms with van der Waals surface area (Å²) < 4.78 is 7.48. The van der Waals surface area contributed by atoms with E-state index >= 15 is 0 Å². The molecule has 1 aliphatic carbocycles. The molecule has 40 valence electrons. The van der Waals surface area contributed by atoms with Gasteiger partial charge in [0.2, 0.25) is 0 Å². The zero-order chi connectivity index (χ0) is 5.56. The van der Waals surface area contributed by atoms with E-state index in [4.69, 9.17) is 1.37 Å². The van der Waals surface area contributed by atoms with Gasteiger partial charge < -0.3 is 5.32 Å². The van der Waals surface area contributed by atoms with Crippen molar-refractivity contribution in [3.05, 3.63) is 0 Å². The summed E-state index contributed by atoms with van der Waals surface area (Å²) in [7, 11) is 0. The first-order chi connectivity index (χ1) is 3.86. The van der Waals surface area contributed by atoms with Gasteiger partial charge in [0, 0.05) is 7.41 Å². The van der Waals surface area contributed by atoms with Crippen LogP contribution in [0.15, 0.2) is 0 Å². The SMILES string of the molecule is [2H]C1CC2CC1CN2. The van der Waals surface area contributed by atoms with Crippen molar-refractivity contribution in [2.75, 3.05) is 6.54 Å². The Labute approximate surface area is 45.5 Å². The molecular formula is C6H11N. The number of rotatable bonds is 0. The van der Waals surface area contributed by atoms with Crippen molar-refractivity contribution in [1.29, 1.82) is 0 Å². The molecule has 2 bridgehead atoms. The lowest BCUT2D eigenvalue weighted by molar-refractivity contribution is 0.504. The zero-order valence-electron chi connectivity index (χ0n) is 5.35. The van der Waals surface area contributed by atoms with Crippen LogP contribution in [0.2, 0.25) is 0 Å². The van der Waals surface area contributed by atoms with E-state index in [0.717, 1.165) is 13.0 Å². The van der Waals surface area contributed by atoms with Gasteiger partial charge in [-0.3, -0.25) is 0 Å². The van der Waals surface area contributed by atoms with Crippen molar-refractivity contribution in [2.45, 2.75) is 25.3 Å². The third-order valence-electron chi connectivity index (χ3n) is 2.01. The largest absolute Gasteiger partial charge is 0.314 e. The van der Waals surface area contributed by atoms with Crippen LogP contribution in [0.1, 0.15) is 20.6 Å². The molecule has 2 aliphatic rings. The molecule has 3 unspecified atom stereocenters. The molecule has 1 heterocycles. The Morgan fingerprint density at radius 2 is 2.71 bits per heavy atom. The van der Waals surface area contributed by atoms with Gasteiger partial charge >= 0.3 is 0 Å². The van der Waals surface area contributed by atoms with Gasteiger partial charge in [0.15, 0.2) is 0 Å². The average molecular weight is 98.2 g/mol. The van der Waals surface area contributed by atoms with Crippen LogP contribution in [0.5, 0.6) is 0 Å². The molecule has 0 spiro atoms. The molecule has 1 nitrogen and oxygen atoms in total. The van der Waals surface area contributed by atoms with Gasteiger partial charge in [0.05, 0.1) is 0 Å². The van der Waals surface area contributed by atoms with E-state index in [0.29, 0.717) is 12.0 Å². The van der Waals surface area contributed by atoms with E-state index in [9.17, 15) is 0 Å². The van der Waals surface area contributed by atoms with Gasteiger partial charge in [0.1, 0.15) is 0 Å². The van der Waals surface area contributed by atoms with Gasteiger partial charge in [-0.1, -0.05) is 0 Å². The molecule has 0 aromatic heterocycles. The highest BCUT2D eigenvalue weighted by Gasteiger charge is 2.30. The minimum atomic E-state index is 0.265. The summed E-state index contributed by atoms with van der Waals surface area (Å²) in [4.78, 5) is 0. The number of hydrogen-bond donors (Lipinski definition) is 1. The number of hydrogen-bond acceptors (Lipinski definition) is 1. The van der Waals surface area contributed by atoms with Gasteiger partial charge in [0.25, 0.3) is 0 Å². The Bertz CT molecular complexity index is 103. The van der Waals surface area contributed by atoms with E-state index in [2.05, 4.69) is 5.32 Å². The van der Waals surface area contributed by atoms with E-state index in [1.54, 1.807) is 0 Å². The standard InChI is InChI=1S/C6H11N/c1-2-6-3-5(1)4-7-6/h5-7H,1-4H2/i1D. The molecule has 7 heavy (non-hydrogen) atoms. The Balaban J connectivity index is 2.11. The molecule has 1 aliphatic heterocycles. The highest BCUT2D eigenvalue weighted by atomic mass is 15.0. The Kier molecular flexibility index (Phi) is 0.537. The average Bonchev–Trinajstić information content (AvgIpc) is 2.23. The monoisotopic (exact) mass is 98.1 g/mol. The lowest BCUT2D eigenvalue weighted by Gasteiger charge is -2.08. The van der Waals surface area contributed by atoms with Crippen molar-refractivity contribution >= 4 is 0 Å². The summed E-state index contributed by atoms with van der Waals surface area (Å²) in [5.41, 5.74) is 0. The third-order valence-corrected chi connectivity index (χ3v) is 2.01. The van der Waals surface area contributed by atoms with Crippen LogP contribution in [0, 0.1) is 5.92 Å². The summed E-state index contributed by atoms with van der Waals surface area (Å²) in [6.07, 6.45) is 2.64. The van der Waals surface area contributed by atoms with Crippen molar-refractivity contribution < 1.29 is 1.37 Å². The number of fused-ring (bicyclic) bond motifs is 2. The lowest BCUT2D eigenvalue weighted by Crippen LogP contribution is -2.23. The van der Waals surface area contributed by atoms with Crippen LogP contribution in [-0.2, 0) is 0 Å². The number of piperidine rings is 1. The van der Waals surface area contributed by atoms with Crippen LogP contribution in [0.4, 0.5) is 0 Å². The summed E-state index contributed by atoms with van der Waals surface area (Å²) in [5, 5.41) is 3.37. The molecule has 1 saturated carbocycles. The first-order valence-electron chi connectivity index (χ1n) is 3.59. The van der Waals surface area contributed by atoms with Crippen molar-refractivity contribution in [2.24, 2.45) is 5.92 Å². The summed E-state index contributed by atoms with van der Waals surface area (Å²) in [6.45, 7) is 1.11. The first-order valence-corrected chi connectivity index (χ1v) is 3.02. The van der Waals surface area contributed by atoms with Gasteiger partial charge in [-0.2, -0.15) is 0 Å². The molecule has 2 fully saturated rings. The van der Waals surface area contributed by atoms with Crippen molar-refractivity contribution in [3.8, 4) is 0 Å². The number of nitrogens with one attached hydrogen (secondary N) is 1. The smallest absolute Gasteiger partial charge is 0.0270 e. The Hall–Kier alpha value is -0.0400. The third kappa shape index (κ3) is 0.480. The van der Waals surface area contributed by atoms with Crippen LogP contribution in [0.3, 0.4) is 0 Å². The van der Waals surface area contributed by atoms with Crippen molar-refractivity contribution in [3.63, 3.8) is 0 Å². The topological polar surface area (TPSA) is 12.0 Å². The maximum atomic E-state index is 7.48. The summed E-state index contributed by atoms with van der Waals surface area (Å²) in [6, 6.07) is 0.711. The van der Waals surface area contributed by atoms with Crippen molar-refractivity contribution in [1.82, 2.24) is 5.32 Å². The van der Waals surface area contributed by atoms with Crippen LogP contribution >= 0.6 is 0 Å². The molecule has 0 aromatic rings. The first kappa shape index (κ1) is 3.08. The molecule has 1 N–H and O–H groups in total. The molecule has 0 aromatic carbocycles. The van der Waals surface area contributed by atoms with Crippen LogP contribution in [0.25, 0.3) is 0 Å². The van der Waals surface area contributed by atoms with E-state index < -0.39 is 0 Å². The highest BCUT2D eigenvalue weighted by molar-refractivity contribution is 4.88. The maximum absolute atomic E-state index is 7.48. The summed E-state index contributed by atoms with van der Waals surface area (Å²) in [5.74, 6) is 0.694. The van der Waals surface area contributed by atoms with E-state index in [1.165, 1.54) is 6.42 Å². The normalized spacial score (nSPS) is 60.6. The van der Waals surface area contributed by atoms with Gasteiger partial charge in [-0.15, -0.1) is 0 Å². The molecule has 0 radical (unpaired) electrons. The van der Waals surface area contributed by atoms with Gasteiger partial charge in [-0.05, 0) is 31.7 Å². The molecule has 2 rings (SSSR count). The fraction of sp³-hybridized carbons (Fsp3) is 1.00. The quantitative estimate of drug-likeness (QED) is 0.471. The fourth-order valence-electron chi connectivity index (χ4n) is 1.57. The minimum Gasteiger partial charge on any atom is -0.314 e. The molecular weight excluding hydrogens is 86.1 g/mol. The van der Waals surface area contributed by atoms with Crippen LogP contribution < -0.4 is 5.32 Å². The Morgan fingerprint density at radius 1 is 1.71 bits per heavy atom. The van der Waals surface area contributed by atoms with E-state index in [1.807, 2.05) is 0 Å². The second-order valence-electron chi connectivity index (χ2n) is 2.57. The van der Waals surface area contributed by atoms with E-state index in [-0.39, 0.29) is 6.40 Å². The second kappa shape index (κ2) is 1.22. The second-order valence-corrected chi connectivity index (χ2v) is 2.57. The lowest BCUT2D eigenvalue weighted by atomic mass is 10.1. The zero-order valence-corrected chi connectivity index (χ0v) is 4.35. The maximum Gasteiger partial charge on any atom is 0.0270 e. The predicted octanol–water partition coefficient (Wildman–Crippen LogP) is 0.758. The highest BCUT2D eigenvalue weighted by Crippen LogP contribution is 2.29. The molecule has 3 atom stereocenters. The van der Waals surface area contributed by atoms with Crippen LogP contribution in [-0.4, -0.2) is 12.6 Å². The molecule has 0 amide bonds. The summed E-state index contributed by atoms with van der Waals surface area (Å²) >= 11 is 0. The predicted molar refractivity (Wildman–Crippen MR) is 29.1 cm³/mol. The Morgan fingerprint density at radius 3 is 3.00 bits per heavy atom. The fourth-order valence-corrected chi connectivity index (χ4v) is 1.57. The van der Waals surface area contributed by atoms with Gasteiger partial charge in [-0.25, -0.2) is 0 Å². The minimum absolute atomic E-state index is 0.265. The molecule has 1 heteroatoms. The molecule has 1 saturated heterocycles.